The molecule has 114 valence electrons. The van der Waals surface area contributed by atoms with Gasteiger partial charge in [-0.3, -0.25) is 4.79 Å². The first-order chi connectivity index (χ1) is 10.4. The van der Waals surface area contributed by atoms with Crippen molar-refractivity contribution < 1.29 is 0 Å². The maximum absolute atomic E-state index is 12.9. The summed E-state index contributed by atoms with van der Waals surface area (Å²) in [5.41, 5.74) is 4.80. The van der Waals surface area contributed by atoms with Crippen molar-refractivity contribution in [2.75, 3.05) is 0 Å². The summed E-state index contributed by atoms with van der Waals surface area (Å²) in [5, 5.41) is 1.63. The van der Waals surface area contributed by atoms with Crippen LogP contribution in [0.15, 0.2) is 41.2 Å². The van der Waals surface area contributed by atoms with E-state index in [2.05, 4.69) is 51.3 Å². The minimum atomic E-state index is 0.140. The van der Waals surface area contributed by atoms with Crippen molar-refractivity contribution in [2.24, 2.45) is 0 Å². The summed E-state index contributed by atoms with van der Waals surface area (Å²) in [6.45, 7) is 10.9. The second-order valence-corrected chi connectivity index (χ2v) is 6.64. The lowest BCUT2D eigenvalue weighted by Gasteiger charge is -2.22. The van der Waals surface area contributed by atoms with Crippen LogP contribution in [0.25, 0.3) is 21.8 Å². The Morgan fingerprint density at radius 1 is 0.909 bits per heavy atom. The molecule has 1 heterocycles. The molecule has 0 amide bonds. The first-order valence-electron chi connectivity index (χ1n) is 8.00. The maximum atomic E-state index is 12.9. The number of rotatable bonds is 2. The first-order valence-corrected chi connectivity index (χ1v) is 8.00. The van der Waals surface area contributed by atoms with E-state index in [9.17, 15) is 4.79 Å². The van der Waals surface area contributed by atoms with Gasteiger partial charge in [-0.05, 0) is 56.0 Å². The van der Waals surface area contributed by atoms with Gasteiger partial charge < -0.3 is 4.57 Å². The van der Waals surface area contributed by atoms with E-state index in [4.69, 9.17) is 0 Å². The van der Waals surface area contributed by atoms with Crippen molar-refractivity contribution in [3.63, 3.8) is 0 Å². The summed E-state index contributed by atoms with van der Waals surface area (Å²) >= 11 is 0. The lowest BCUT2D eigenvalue weighted by molar-refractivity contribution is 0.637. The maximum Gasteiger partial charge on any atom is 0.197 e. The molecule has 2 heteroatoms. The normalized spacial score (nSPS) is 12.0. The van der Waals surface area contributed by atoms with Gasteiger partial charge in [0.15, 0.2) is 5.43 Å². The Balaban J connectivity index is 2.64. The molecule has 0 spiro atoms. The second-order valence-electron chi connectivity index (χ2n) is 6.64. The number of nitrogens with zero attached hydrogens (tertiary/aromatic N) is 1. The van der Waals surface area contributed by atoms with Crippen molar-refractivity contribution >= 4 is 21.8 Å². The fourth-order valence-corrected chi connectivity index (χ4v) is 3.51. The average molecular weight is 293 g/mol. The Morgan fingerprint density at radius 3 is 2.23 bits per heavy atom. The van der Waals surface area contributed by atoms with Crippen LogP contribution >= 0.6 is 0 Å². The van der Waals surface area contributed by atoms with E-state index in [-0.39, 0.29) is 5.43 Å². The molecule has 2 nitrogen and oxygen atoms in total. The molecule has 0 N–H and O–H groups in total. The molecular weight excluding hydrogens is 270 g/mol. The number of aromatic nitrogens is 1. The van der Waals surface area contributed by atoms with Crippen LogP contribution in [0.2, 0.25) is 0 Å². The van der Waals surface area contributed by atoms with Crippen LogP contribution in [-0.4, -0.2) is 4.57 Å². The zero-order chi connectivity index (χ0) is 16.0. The Kier molecular flexibility index (Phi) is 3.56. The number of benzene rings is 2. The Bertz CT molecular complexity index is 916. The molecule has 0 radical (unpaired) electrons. The molecule has 0 aliphatic carbocycles. The van der Waals surface area contributed by atoms with E-state index in [0.717, 1.165) is 21.8 Å². The van der Waals surface area contributed by atoms with Crippen molar-refractivity contribution in [2.45, 2.75) is 46.6 Å². The molecule has 0 aliphatic rings. The summed E-state index contributed by atoms with van der Waals surface area (Å²) < 4.78 is 2.31. The lowest BCUT2D eigenvalue weighted by Crippen LogP contribution is -2.15. The molecule has 1 aromatic heterocycles. The monoisotopic (exact) mass is 293 g/mol. The molecule has 0 saturated heterocycles. The van der Waals surface area contributed by atoms with E-state index >= 15 is 0 Å². The number of pyridine rings is 1. The molecule has 3 rings (SSSR count). The number of para-hydroxylation sites is 1. The highest BCUT2D eigenvalue weighted by atomic mass is 16.1. The van der Waals surface area contributed by atoms with Gasteiger partial charge in [-0.1, -0.05) is 32.0 Å². The molecule has 0 unspecified atom stereocenters. The predicted octanol–water partition coefficient (Wildman–Crippen LogP) is 5.17. The fourth-order valence-electron chi connectivity index (χ4n) is 3.51. The number of hydrogen-bond donors (Lipinski definition) is 0. The standard InChI is InChI=1S/C20H23NO/c1-12(2)15-10-11-17-19(14(15)5)21(13(3)4)18-9-7-6-8-16(18)20(17)22/h6-13H,1-5H3. The third kappa shape index (κ3) is 2.06. The van der Waals surface area contributed by atoms with Gasteiger partial charge in [-0.2, -0.15) is 0 Å². The van der Waals surface area contributed by atoms with Crippen LogP contribution < -0.4 is 5.43 Å². The van der Waals surface area contributed by atoms with Crippen LogP contribution in [-0.2, 0) is 0 Å². The number of hydrogen-bond acceptors (Lipinski definition) is 1. The first kappa shape index (κ1) is 14.8. The Morgan fingerprint density at radius 2 is 1.59 bits per heavy atom. The van der Waals surface area contributed by atoms with Gasteiger partial charge in [0.05, 0.1) is 11.0 Å². The van der Waals surface area contributed by atoms with Gasteiger partial charge in [0.2, 0.25) is 0 Å². The zero-order valence-electron chi connectivity index (χ0n) is 14.0. The molecule has 22 heavy (non-hydrogen) atoms. The third-order valence-corrected chi connectivity index (χ3v) is 4.51. The van der Waals surface area contributed by atoms with Crippen molar-refractivity contribution in [3.05, 3.63) is 57.7 Å². The van der Waals surface area contributed by atoms with Gasteiger partial charge in [0, 0.05) is 16.8 Å². The largest absolute Gasteiger partial charge is 0.337 e. The van der Waals surface area contributed by atoms with Crippen LogP contribution in [0.5, 0.6) is 0 Å². The van der Waals surface area contributed by atoms with Crippen LogP contribution in [0, 0.1) is 6.92 Å². The van der Waals surface area contributed by atoms with Gasteiger partial charge in [-0.15, -0.1) is 0 Å². The van der Waals surface area contributed by atoms with Crippen molar-refractivity contribution in [3.8, 4) is 0 Å². The third-order valence-electron chi connectivity index (χ3n) is 4.51. The molecule has 0 saturated carbocycles. The minimum absolute atomic E-state index is 0.140. The van der Waals surface area contributed by atoms with Gasteiger partial charge in [0.25, 0.3) is 0 Å². The van der Waals surface area contributed by atoms with Crippen molar-refractivity contribution in [1.29, 1.82) is 0 Å². The van der Waals surface area contributed by atoms with E-state index in [0.29, 0.717) is 12.0 Å². The molecule has 3 aromatic rings. The van der Waals surface area contributed by atoms with Crippen molar-refractivity contribution in [1.82, 2.24) is 4.57 Å². The topological polar surface area (TPSA) is 22.0 Å². The zero-order valence-corrected chi connectivity index (χ0v) is 14.0. The van der Waals surface area contributed by atoms with E-state index in [1.165, 1.54) is 11.1 Å². The molecule has 0 aliphatic heterocycles. The lowest BCUT2D eigenvalue weighted by atomic mass is 9.94. The number of fused-ring (bicyclic) bond motifs is 2. The summed E-state index contributed by atoms with van der Waals surface area (Å²) in [5.74, 6) is 0.451. The Labute approximate surface area is 131 Å². The number of aryl methyl sites for hydroxylation is 1. The van der Waals surface area contributed by atoms with E-state index in [1.807, 2.05) is 24.3 Å². The molecule has 0 fully saturated rings. The van der Waals surface area contributed by atoms with Gasteiger partial charge >= 0.3 is 0 Å². The Hall–Kier alpha value is -2.09. The average Bonchev–Trinajstić information content (AvgIpc) is 2.48. The highest BCUT2D eigenvalue weighted by molar-refractivity contribution is 5.95. The van der Waals surface area contributed by atoms with Crippen LogP contribution in [0.1, 0.15) is 50.8 Å². The summed E-state index contributed by atoms with van der Waals surface area (Å²) in [7, 11) is 0. The van der Waals surface area contributed by atoms with E-state index in [1.54, 1.807) is 0 Å². The van der Waals surface area contributed by atoms with Crippen LogP contribution in [0.3, 0.4) is 0 Å². The van der Waals surface area contributed by atoms with Gasteiger partial charge in [-0.25, -0.2) is 0 Å². The minimum Gasteiger partial charge on any atom is -0.337 e. The second kappa shape index (κ2) is 5.28. The van der Waals surface area contributed by atoms with Gasteiger partial charge in [0.1, 0.15) is 0 Å². The highest BCUT2D eigenvalue weighted by Gasteiger charge is 2.16. The predicted molar refractivity (Wildman–Crippen MR) is 94.9 cm³/mol. The molecule has 2 aromatic carbocycles. The summed E-state index contributed by atoms with van der Waals surface area (Å²) in [4.78, 5) is 12.9. The SMILES string of the molecule is Cc1c(C(C)C)ccc2c(=O)c3ccccc3n(C(C)C)c12. The van der Waals surface area contributed by atoms with Crippen LogP contribution in [0.4, 0.5) is 0 Å². The summed E-state index contributed by atoms with van der Waals surface area (Å²) in [6.07, 6.45) is 0. The highest BCUT2D eigenvalue weighted by Crippen LogP contribution is 2.30. The quantitative estimate of drug-likeness (QED) is 0.598. The summed E-state index contributed by atoms with van der Waals surface area (Å²) in [6, 6.07) is 12.4. The smallest absolute Gasteiger partial charge is 0.197 e. The molecule has 0 atom stereocenters. The molecule has 0 bridgehead atoms. The molecular formula is C20H23NO. The van der Waals surface area contributed by atoms with E-state index < -0.39 is 0 Å². The fraction of sp³-hybridized carbons (Fsp3) is 0.350.